The first-order valence-corrected chi connectivity index (χ1v) is 5.92. The Morgan fingerprint density at radius 2 is 2.00 bits per heavy atom. The lowest BCUT2D eigenvalue weighted by Crippen LogP contribution is -2.32. The largest absolute Gasteiger partial charge is 0.310 e. The van der Waals surface area contributed by atoms with Gasteiger partial charge in [-0.3, -0.25) is 0 Å². The van der Waals surface area contributed by atoms with E-state index < -0.39 is 0 Å². The number of nitrogens with one attached hydrogen (secondary N) is 1. The van der Waals surface area contributed by atoms with Gasteiger partial charge in [-0.25, -0.2) is 4.39 Å². The summed E-state index contributed by atoms with van der Waals surface area (Å²) in [6.45, 7) is 9.20. The van der Waals surface area contributed by atoms with Gasteiger partial charge in [-0.1, -0.05) is 39.3 Å². The third-order valence-corrected chi connectivity index (χ3v) is 2.89. The highest BCUT2D eigenvalue weighted by Crippen LogP contribution is 2.36. The molecule has 1 unspecified atom stereocenters. The minimum absolute atomic E-state index is 0.00650. The van der Waals surface area contributed by atoms with Crippen LogP contribution >= 0.6 is 11.6 Å². The van der Waals surface area contributed by atoms with Gasteiger partial charge in [-0.2, -0.15) is 0 Å². The van der Waals surface area contributed by atoms with Gasteiger partial charge in [0.25, 0.3) is 0 Å². The van der Waals surface area contributed by atoms with E-state index in [2.05, 4.69) is 26.1 Å². The molecular formula is C13H19ClFN. The van der Waals surface area contributed by atoms with Crippen LogP contribution in [0.4, 0.5) is 4.39 Å². The molecule has 1 N–H and O–H groups in total. The summed E-state index contributed by atoms with van der Waals surface area (Å²) in [5, 5.41) is 3.97. The highest BCUT2D eigenvalue weighted by Gasteiger charge is 2.27. The van der Waals surface area contributed by atoms with E-state index in [4.69, 9.17) is 11.6 Å². The minimum Gasteiger partial charge on any atom is -0.310 e. The van der Waals surface area contributed by atoms with Crippen molar-refractivity contribution in [2.45, 2.75) is 33.7 Å². The molecule has 0 aliphatic rings. The average molecular weight is 244 g/mol. The van der Waals surface area contributed by atoms with Crippen LogP contribution in [0.15, 0.2) is 18.2 Å². The lowest BCUT2D eigenvalue weighted by Gasteiger charge is -2.32. The lowest BCUT2D eigenvalue weighted by atomic mass is 9.82. The molecule has 90 valence electrons. The highest BCUT2D eigenvalue weighted by molar-refractivity contribution is 6.31. The van der Waals surface area contributed by atoms with Crippen molar-refractivity contribution in [1.82, 2.24) is 5.32 Å². The molecule has 0 radical (unpaired) electrons. The summed E-state index contributed by atoms with van der Waals surface area (Å²) < 4.78 is 13.2. The summed E-state index contributed by atoms with van der Waals surface area (Å²) in [6.07, 6.45) is 0. The molecule has 0 heterocycles. The number of hydrogen-bond acceptors (Lipinski definition) is 1. The van der Waals surface area contributed by atoms with Crippen LogP contribution in [0.25, 0.3) is 0 Å². The molecule has 1 nitrogen and oxygen atoms in total. The van der Waals surface area contributed by atoms with E-state index in [1.165, 1.54) is 12.1 Å². The Labute approximate surface area is 102 Å². The van der Waals surface area contributed by atoms with Crippen LogP contribution in [0.1, 0.15) is 39.3 Å². The fraction of sp³-hybridized carbons (Fsp3) is 0.538. The summed E-state index contributed by atoms with van der Waals surface area (Å²) in [6, 6.07) is 4.57. The lowest BCUT2D eigenvalue weighted by molar-refractivity contribution is 0.276. The van der Waals surface area contributed by atoms with Gasteiger partial charge in [0.05, 0.1) is 0 Å². The third-order valence-electron chi connectivity index (χ3n) is 2.54. The zero-order valence-corrected chi connectivity index (χ0v) is 11.0. The van der Waals surface area contributed by atoms with E-state index in [0.29, 0.717) is 5.02 Å². The Balaban J connectivity index is 3.15. The summed E-state index contributed by atoms with van der Waals surface area (Å²) in [4.78, 5) is 0. The van der Waals surface area contributed by atoms with Crippen molar-refractivity contribution in [2.24, 2.45) is 5.41 Å². The topological polar surface area (TPSA) is 12.0 Å². The normalized spacial score (nSPS) is 13.9. The van der Waals surface area contributed by atoms with E-state index in [0.717, 1.165) is 12.1 Å². The molecule has 0 aliphatic carbocycles. The Morgan fingerprint density at radius 1 is 1.38 bits per heavy atom. The van der Waals surface area contributed by atoms with Crippen molar-refractivity contribution in [3.8, 4) is 0 Å². The smallest absolute Gasteiger partial charge is 0.123 e. The average Bonchev–Trinajstić information content (AvgIpc) is 2.17. The standard InChI is InChI=1S/C13H19ClFN/c1-5-16-12(13(2,3)4)10-8-9(15)6-7-11(10)14/h6-8,12,16H,5H2,1-4H3. The maximum atomic E-state index is 13.2. The van der Waals surface area contributed by atoms with Gasteiger partial charge in [0.2, 0.25) is 0 Å². The Kier molecular flexibility index (Phi) is 4.34. The van der Waals surface area contributed by atoms with Crippen molar-refractivity contribution in [2.75, 3.05) is 6.54 Å². The first-order valence-electron chi connectivity index (χ1n) is 5.54. The molecule has 1 rings (SSSR count). The SMILES string of the molecule is CCNC(c1cc(F)ccc1Cl)C(C)(C)C. The van der Waals surface area contributed by atoms with Gasteiger partial charge >= 0.3 is 0 Å². The second kappa shape index (κ2) is 5.15. The number of hydrogen-bond donors (Lipinski definition) is 1. The molecule has 0 saturated heterocycles. The quantitative estimate of drug-likeness (QED) is 0.840. The predicted octanol–water partition coefficient (Wildman–Crippen LogP) is 4.18. The molecule has 3 heteroatoms. The molecule has 0 bridgehead atoms. The molecule has 0 aliphatic heterocycles. The summed E-state index contributed by atoms with van der Waals surface area (Å²) in [5.41, 5.74) is 0.823. The summed E-state index contributed by atoms with van der Waals surface area (Å²) in [5.74, 6) is -0.244. The fourth-order valence-electron chi connectivity index (χ4n) is 1.82. The second-order valence-electron chi connectivity index (χ2n) is 5.02. The molecule has 1 atom stereocenters. The van der Waals surface area contributed by atoms with Gasteiger partial charge in [-0.05, 0) is 35.7 Å². The molecule has 0 aromatic heterocycles. The second-order valence-corrected chi connectivity index (χ2v) is 5.43. The predicted molar refractivity (Wildman–Crippen MR) is 67.3 cm³/mol. The van der Waals surface area contributed by atoms with Gasteiger partial charge in [0.15, 0.2) is 0 Å². The van der Waals surface area contributed by atoms with Crippen molar-refractivity contribution in [3.63, 3.8) is 0 Å². The van der Waals surface area contributed by atoms with E-state index in [9.17, 15) is 4.39 Å². The van der Waals surface area contributed by atoms with E-state index >= 15 is 0 Å². The maximum absolute atomic E-state index is 13.2. The monoisotopic (exact) mass is 243 g/mol. The van der Waals surface area contributed by atoms with Crippen molar-refractivity contribution in [3.05, 3.63) is 34.6 Å². The summed E-state index contributed by atoms with van der Waals surface area (Å²) >= 11 is 6.13. The van der Waals surface area contributed by atoms with E-state index in [1.807, 2.05) is 6.92 Å². The molecule has 0 spiro atoms. The molecule has 0 saturated carbocycles. The molecule has 1 aromatic rings. The van der Waals surface area contributed by atoms with Gasteiger partial charge < -0.3 is 5.32 Å². The van der Waals surface area contributed by atoms with Crippen LogP contribution in [-0.2, 0) is 0 Å². The molecule has 1 aromatic carbocycles. The van der Waals surface area contributed by atoms with Crippen LogP contribution in [-0.4, -0.2) is 6.54 Å². The van der Waals surface area contributed by atoms with Crippen LogP contribution in [0.3, 0.4) is 0 Å². The van der Waals surface area contributed by atoms with Gasteiger partial charge in [0, 0.05) is 11.1 Å². The maximum Gasteiger partial charge on any atom is 0.123 e. The number of halogens is 2. The van der Waals surface area contributed by atoms with Crippen LogP contribution in [0, 0.1) is 11.2 Å². The third kappa shape index (κ3) is 3.19. The number of rotatable bonds is 3. The number of benzene rings is 1. The van der Waals surface area contributed by atoms with Crippen LogP contribution < -0.4 is 5.32 Å². The zero-order valence-electron chi connectivity index (χ0n) is 10.3. The molecule has 0 amide bonds. The zero-order chi connectivity index (χ0) is 12.3. The van der Waals surface area contributed by atoms with Crippen molar-refractivity contribution < 1.29 is 4.39 Å². The van der Waals surface area contributed by atoms with Gasteiger partial charge in [0.1, 0.15) is 5.82 Å². The fourth-order valence-corrected chi connectivity index (χ4v) is 2.05. The van der Waals surface area contributed by atoms with Crippen LogP contribution in [0.2, 0.25) is 5.02 Å². The Bertz CT molecular complexity index is 357. The molecule has 0 fully saturated rings. The van der Waals surface area contributed by atoms with Crippen molar-refractivity contribution in [1.29, 1.82) is 0 Å². The summed E-state index contributed by atoms with van der Waals surface area (Å²) in [7, 11) is 0. The molecule has 16 heavy (non-hydrogen) atoms. The van der Waals surface area contributed by atoms with Crippen molar-refractivity contribution >= 4 is 11.6 Å². The first kappa shape index (κ1) is 13.5. The van der Waals surface area contributed by atoms with E-state index in [-0.39, 0.29) is 17.3 Å². The first-order chi connectivity index (χ1) is 7.36. The van der Waals surface area contributed by atoms with Crippen LogP contribution in [0.5, 0.6) is 0 Å². The van der Waals surface area contributed by atoms with Gasteiger partial charge in [-0.15, -0.1) is 0 Å². The Morgan fingerprint density at radius 3 is 2.50 bits per heavy atom. The van der Waals surface area contributed by atoms with E-state index in [1.54, 1.807) is 6.07 Å². The Hall–Kier alpha value is -0.600. The minimum atomic E-state index is -0.244. The molecular weight excluding hydrogens is 225 g/mol. The highest BCUT2D eigenvalue weighted by atomic mass is 35.5.